The summed E-state index contributed by atoms with van der Waals surface area (Å²) in [6.07, 6.45) is 3.57. The van der Waals surface area contributed by atoms with Crippen molar-refractivity contribution in [3.63, 3.8) is 0 Å². The molecule has 1 N–H and O–H groups in total. The van der Waals surface area contributed by atoms with Crippen LogP contribution in [0.15, 0.2) is 102 Å². The smallest absolute Gasteiger partial charge is 0.256 e. The molecular formula is C24H19N7OS. The Hall–Kier alpha value is -4.24. The average Bonchev–Trinajstić information content (AvgIpc) is 3.56. The zero-order chi connectivity index (χ0) is 22.5. The number of thioether (sulfide) groups is 1. The fourth-order valence-electron chi connectivity index (χ4n) is 3.33. The van der Waals surface area contributed by atoms with E-state index < -0.39 is 0 Å². The van der Waals surface area contributed by atoms with E-state index in [2.05, 4.69) is 25.9 Å². The molecule has 2 aromatic heterocycles. The van der Waals surface area contributed by atoms with Crippen molar-refractivity contribution in [1.29, 1.82) is 0 Å². The van der Waals surface area contributed by atoms with Crippen LogP contribution in [0.25, 0.3) is 11.4 Å². The van der Waals surface area contributed by atoms with Crippen LogP contribution in [-0.2, 0) is 5.75 Å². The summed E-state index contributed by atoms with van der Waals surface area (Å²) in [7, 11) is 0. The number of amides is 1. The van der Waals surface area contributed by atoms with Crippen molar-refractivity contribution in [1.82, 2.24) is 30.0 Å². The van der Waals surface area contributed by atoms with E-state index in [9.17, 15) is 4.79 Å². The second-order valence-electron chi connectivity index (χ2n) is 7.08. The summed E-state index contributed by atoms with van der Waals surface area (Å²) in [5.41, 5.74) is 3.04. The fraction of sp³-hybridized carbons (Fsp3) is 0.0417. The van der Waals surface area contributed by atoms with Crippen LogP contribution in [0.5, 0.6) is 0 Å². The molecule has 0 aliphatic carbocycles. The molecule has 5 rings (SSSR count). The molecule has 0 unspecified atom stereocenters. The summed E-state index contributed by atoms with van der Waals surface area (Å²) in [5.74, 6) is 1.03. The minimum Gasteiger partial charge on any atom is -0.322 e. The van der Waals surface area contributed by atoms with Crippen molar-refractivity contribution in [3.05, 3.63) is 109 Å². The highest BCUT2D eigenvalue weighted by molar-refractivity contribution is 7.98. The summed E-state index contributed by atoms with van der Waals surface area (Å²) in [6.45, 7) is 0. The van der Waals surface area contributed by atoms with Gasteiger partial charge in [-0.3, -0.25) is 4.79 Å². The number of nitrogens with one attached hydrogen (secondary N) is 1. The lowest BCUT2D eigenvalue weighted by Gasteiger charge is -2.11. The van der Waals surface area contributed by atoms with Gasteiger partial charge in [0.05, 0.1) is 22.7 Å². The van der Waals surface area contributed by atoms with Gasteiger partial charge in [-0.1, -0.05) is 36.4 Å². The van der Waals surface area contributed by atoms with Crippen LogP contribution in [0.3, 0.4) is 0 Å². The summed E-state index contributed by atoms with van der Waals surface area (Å²) in [5, 5.41) is 19.3. The first kappa shape index (κ1) is 20.7. The van der Waals surface area contributed by atoms with E-state index in [0.29, 0.717) is 22.8 Å². The molecule has 0 saturated heterocycles. The Morgan fingerprint density at radius 2 is 1.73 bits per heavy atom. The predicted molar refractivity (Wildman–Crippen MR) is 127 cm³/mol. The molecule has 9 heteroatoms. The van der Waals surface area contributed by atoms with Gasteiger partial charge in [-0.05, 0) is 59.0 Å². The highest BCUT2D eigenvalue weighted by atomic mass is 32.2. The molecule has 0 bridgehead atoms. The number of anilines is 1. The van der Waals surface area contributed by atoms with Gasteiger partial charge < -0.3 is 5.32 Å². The Balaban J connectivity index is 1.32. The van der Waals surface area contributed by atoms with E-state index in [1.807, 2.05) is 91.1 Å². The first-order valence-corrected chi connectivity index (χ1v) is 11.2. The Morgan fingerprint density at radius 1 is 0.909 bits per heavy atom. The zero-order valence-electron chi connectivity index (χ0n) is 17.4. The van der Waals surface area contributed by atoms with Crippen LogP contribution >= 0.6 is 11.8 Å². The molecule has 2 heterocycles. The summed E-state index contributed by atoms with van der Waals surface area (Å²) >= 11 is 1.52. The number of carbonyl (C=O) groups is 1. The first-order chi connectivity index (χ1) is 16.3. The lowest BCUT2D eigenvalue weighted by molar-refractivity contribution is 0.102. The number of rotatable bonds is 7. The van der Waals surface area contributed by atoms with Crippen molar-refractivity contribution >= 4 is 23.4 Å². The molecule has 162 valence electrons. The van der Waals surface area contributed by atoms with Crippen LogP contribution < -0.4 is 5.32 Å². The average molecular weight is 454 g/mol. The van der Waals surface area contributed by atoms with E-state index in [4.69, 9.17) is 0 Å². The molecule has 3 aromatic carbocycles. The van der Waals surface area contributed by atoms with Gasteiger partial charge >= 0.3 is 0 Å². The second kappa shape index (κ2) is 9.49. The van der Waals surface area contributed by atoms with Gasteiger partial charge in [-0.15, -0.1) is 16.9 Å². The van der Waals surface area contributed by atoms with Gasteiger partial charge in [0.2, 0.25) is 0 Å². The Labute approximate surface area is 194 Å². The van der Waals surface area contributed by atoms with E-state index in [0.717, 1.165) is 16.3 Å². The molecule has 0 aliphatic rings. The highest BCUT2D eigenvalue weighted by Gasteiger charge is 2.15. The molecule has 0 aliphatic heterocycles. The maximum atomic E-state index is 13.1. The third-order valence-corrected chi connectivity index (χ3v) is 5.97. The number of aromatic nitrogens is 6. The van der Waals surface area contributed by atoms with Crippen LogP contribution in [0.4, 0.5) is 5.69 Å². The van der Waals surface area contributed by atoms with E-state index in [-0.39, 0.29) is 5.91 Å². The van der Waals surface area contributed by atoms with E-state index in [1.165, 1.54) is 11.8 Å². The van der Waals surface area contributed by atoms with E-state index >= 15 is 0 Å². The molecule has 8 nitrogen and oxygen atoms in total. The Bertz CT molecular complexity index is 1370. The van der Waals surface area contributed by atoms with Crippen LogP contribution in [0, 0.1) is 0 Å². The Kier molecular flexibility index (Phi) is 5.94. The fourth-order valence-corrected chi connectivity index (χ4v) is 4.29. The van der Waals surface area contributed by atoms with E-state index in [1.54, 1.807) is 15.6 Å². The molecular weight excluding hydrogens is 434 g/mol. The first-order valence-electron chi connectivity index (χ1n) is 10.2. The van der Waals surface area contributed by atoms with Crippen molar-refractivity contribution in [2.45, 2.75) is 10.6 Å². The number of tetrazole rings is 1. The van der Waals surface area contributed by atoms with Crippen LogP contribution in [-0.4, -0.2) is 35.9 Å². The normalized spacial score (nSPS) is 10.8. The topological polar surface area (TPSA) is 90.5 Å². The molecule has 0 spiro atoms. The minimum atomic E-state index is -0.182. The standard InChI is InChI=1S/C24H19N7OS/c32-24(26-18-8-6-11-20(16-18)30-15-7-14-25-30)21-12-4-5-13-22(21)33-17-23-27-28-29-31(23)19-9-2-1-3-10-19/h1-16H,17H2,(H,26,32). The molecule has 0 atom stereocenters. The van der Waals surface area contributed by atoms with Crippen LogP contribution in [0.1, 0.15) is 16.2 Å². The minimum absolute atomic E-state index is 0.182. The highest BCUT2D eigenvalue weighted by Crippen LogP contribution is 2.27. The van der Waals surface area contributed by atoms with Gasteiger partial charge in [-0.25, -0.2) is 4.68 Å². The maximum Gasteiger partial charge on any atom is 0.256 e. The third-order valence-electron chi connectivity index (χ3n) is 4.90. The van der Waals surface area contributed by atoms with Crippen molar-refractivity contribution in [2.75, 3.05) is 5.32 Å². The number of carbonyl (C=O) groups excluding carboxylic acids is 1. The summed E-state index contributed by atoms with van der Waals surface area (Å²) < 4.78 is 3.45. The maximum absolute atomic E-state index is 13.1. The lowest BCUT2D eigenvalue weighted by atomic mass is 10.2. The zero-order valence-corrected chi connectivity index (χ0v) is 18.3. The quantitative estimate of drug-likeness (QED) is 0.368. The van der Waals surface area contributed by atoms with Crippen molar-refractivity contribution in [2.24, 2.45) is 0 Å². The molecule has 33 heavy (non-hydrogen) atoms. The SMILES string of the molecule is O=C(Nc1cccc(-n2cccn2)c1)c1ccccc1SCc1nnnn1-c1ccccc1. The molecule has 0 saturated carbocycles. The number of hydrogen-bond acceptors (Lipinski definition) is 6. The monoisotopic (exact) mass is 453 g/mol. The summed E-state index contributed by atoms with van der Waals surface area (Å²) in [6, 6.07) is 26.6. The third kappa shape index (κ3) is 4.68. The van der Waals surface area contributed by atoms with Crippen molar-refractivity contribution < 1.29 is 4.79 Å². The number of para-hydroxylation sites is 1. The van der Waals surface area contributed by atoms with Gasteiger partial charge in [0.15, 0.2) is 5.82 Å². The van der Waals surface area contributed by atoms with Gasteiger partial charge in [0, 0.05) is 23.0 Å². The molecule has 0 fully saturated rings. The van der Waals surface area contributed by atoms with Gasteiger partial charge in [0.25, 0.3) is 5.91 Å². The molecule has 0 radical (unpaired) electrons. The number of hydrogen-bond donors (Lipinski definition) is 1. The van der Waals surface area contributed by atoms with Gasteiger partial charge in [0.1, 0.15) is 0 Å². The number of benzene rings is 3. The second-order valence-corrected chi connectivity index (χ2v) is 8.10. The molecule has 5 aromatic rings. The number of nitrogens with zero attached hydrogens (tertiary/aromatic N) is 6. The molecule has 1 amide bonds. The Morgan fingerprint density at radius 3 is 2.58 bits per heavy atom. The van der Waals surface area contributed by atoms with Gasteiger partial charge in [-0.2, -0.15) is 9.78 Å². The lowest BCUT2D eigenvalue weighted by Crippen LogP contribution is -2.13. The summed E-state index contributed by atoms with van der Waals surface area (Å²) in [4.78, 5) is 13.9. The van der Waals surface area contributed by atoms with Crippen LogP contribution in [0.2, 0.25) is 0 Å². The predicted octanol–water partition coefficient (Wildman–Crippen LogP) is 4.39. The largest absolute Gasteiger partial charge is 0.322 e. The van der Waals surface area contributed by atoms with Crippen molar-refractivity contribution in [3.8, 4) is 11.4 Å².